The summed E-state index contributed by atoms with van der Waals surface area (Å²) in [7, 11) is 0. The first-order valence-electron chi connectivity index (χ1n) is 5.86. The summed E-state index contributed by atoms with van der Waals surface area (Å²) in [6, 6.07) is 4.18. The third kappa shape index (κ3) is 1.94. The number of piperidine rings is 1. The van der Waals surface area contributed by atoms with Gasteiger partial charge in [0.2, 0.25) is 0 Å². The van der Waals surface area contributed by atoms with Gasteiger partial charge in [-0.15, -0.1) is 0 Å². The maximum absolute atomic E-state index is 4.30. The molecule has 1 saturated heterocycles. The lowest BCUT2D eigenvalue weighted by Crippen LogP contribution is -2.33. The smallest absolute Gasteiger partial charge is 0.106 e. The molecule has 3 rings (SSSR count). The average Bonchev–Trinajstić information content (AvgIpc) is 2.73. The monoisotopic (exact) mass is 278 g/mol. The Kier molecular flexibility index (Phi) is 2.82. The van der Waals surface area contributed by atoms with Crippen molar-refractivity contribution in [3.05, 3.63) is 34.6 Å². The number of aromatic nitrogens is 1. The quantitative estimate of drug-likeness (QED) is 0.800. The van der Waals surface area contributed by atoms with Crippen LogP contribution in [0, 0.1) is 11.8 Å². The minimum absolute atomic E-state index is 0.743. The third-order valence-corrected chi connectivity index (χ3v) is 4.14. The van der Waals surface area contributed by atoms with Crippen LogP contribution in [-0.2, 0) is 0 Å². The molecule has 0 radical (unpaired) electrons. The largest absolute Gasteiger partial charge is 0.316 e. The molecule has 2 heterocycles. The number of halogens is 1. The second-order valence-corrected chi connectivity index (χ2v) is 5.49. The molecule has 1 aromatic heterocycles. The molecule has 0 spiro atoms. The van der Waals surface area contributed by atoms with E-state index in [1.807, 2.05) is 12.3 Å². The van der Waals surface area contributed by atoms with Gasteiger partial charge in [-0.05, 0) is 64.4 Å². The van der Waals surface area contributed by atoms with Gasteiger partial charge in [0.15, 0.2) is 0 Å². The van der Waals surface area contributed by atoms with Gasteiger partial charge in [0.1, 0.15) is 4.60 Å². The van der Waals surface area contributed by atoms with Crippen molar-refractivity contribution in [2.24, 2.45) is 11.8 Å². The highest BCUT2D eigenvalue weighted by Crippen LogP contribution is 2.39. The second-order valence-electron chi connectivity index (χ2n) is 4.68. The molecule has 2 unspecified atom stereocenters. The van der Waals surface area contributed by atoms with E-state index in [-0.39, 0.29) is 0 Å². The van der Waals surface area contributed by atoms with E-state index in [0.717, 1.165) is 23.0 Å². The number of hydrogen-bond acceptors (Lipinski definition) is 2. The Morgan fingerprint density at radius 1 is 1.38 bits per heavy atom. The fourth-order valence-corrected chi connectivity index (χ4v) is 3.01. The standard InChI is InChI=1S/C13H15BrN2/c14-13-2-1-10(8-16-13)11-5-9-3-4-15-7-12(9)6-11/h1-2,6,8-9,12,15H,3-5,7H2. The number of nitrogens with zero attached hydrogens (tertiary/aromatic N) is 1. The molecule has 84 valence electrons. The first-order chi connectivity index (χ1) is 7.83. The SMILES string of the molecule is Brc1ccc(C2=CC3CNCCC3C2)cn1. The second kappa shape index (κ2) is 4.30. The first-order valence-corrected chi connectivity index (χ1v) is 6.65. The van der Waals surface area contributed by atoms with Gasteiger partial charge in [0.05, 0.1) is 0 Å². The van der Waals surface area contributed by atoms with Gasteiger partial charge in [-0.3, -0.25) is 0 Å². The lowest BCUT2D eigenvalue weighted by molar-refractivity contribution is 0.323. The highest BCUT2D eigenvalue weighted by Gasteiger charge is 2.29. The summed E-state index contributed by atoms with van der Waals surface area (Å²) in [5.41, 5.74) is 2.77. The van der Waals surface area contributed by atoms with Crippen molar-refractivity contribution in [3.8, 4) is 0 Å². The van der Waals surface area contributed by atoms with E-state index < -0.39 is 0 Å². The molecular formula is C13H15BrN2. The highest BCUT2D eigenvalue weighted by atomic mass is 79.9. The summed E-state index contributed by atoms with van der Waals surface area (Å²) >= 11 is 3.37. The van der Waals surface area contributed by atoms with Crippen LogP contribution in [0.4, 0.5) is 0 Å². The van der Waals surface area contributed by atoms with Crippen LogP contribution in [0.15, 0.2) is 29.0 Å². The van der Waals surface area contributed by atoms with E-state index in [0.29, 0.717) is 0 Å². The minimum atomic E-state index is 0.743. The number of hydrogen-bond donors (Lipinski definition) is 1. The lowest BCUT2D eigenvalue weighted by Gasteiger charge is -2.25. The summed E-state index contributed by atoms with van der Waals surface area (Å²) in [4.78, 5) is 4.30. The van der Waals surface area contributed by atoms with Crippen molar-refractivity contribution < 1.29 is 0 Å². The maximum atomic E-state index is 4.30. The number of fused-ring (bicyclic) bond motifs is 1. The molecule has 0 amide bonds. The van der Waals surface area contributed by atoms with Crippen LogP contribution < -0.4 is 5.32 Å². The molecule has 2 nitrogen and oxygen atoms in total. The van der Waals surface area contributed by atoms with Gasteiger partial charge in [0, 0.05) is 12.7 Å². The van der Waals surface area contributed by atoms with Crippen molar-refractivity contribution >= 4 is 21.5 Å². The van der Waals surface area contributed by atoms with Gasteiger partial charge in [-0.25, -0.2) is 4.98 Å². The van der Waals surface area contributed by atoms with Gasteiger partial charge in [0.25, 0.3) is 0 Å². The highest BCUT2D eigenvalue weighted by molar-refractivity contribution is 9.10. The van der Waals surface area contributed by atoms with Gasteiger partial charge in [-0.2, -0.15) is 0 Å². The molecule has 1 aliphatic carbocycles. The summed E-state index contributed by atoms with van der Waals surface area (Å²) in [5, 5.41) is 3.47. The van der Waals surface area contributed by atoms with E-state index in [9.17, 15) is 0 Å². The molecule has 1 aliphatic heterocycles. The van der Waals surface area contributed by atoms with E-state index in [4.69, 9.17) is 0 Å². The minimum Gasteiger partial charge on any atom is -0.316 e. The Bertz CT molecular complexity index is 410. The molecule has 0 bridgehead atoms. The van der Waals surface area contributed by atoms with Gasteiger partial charge in [-0.1, -0.05) is 12.1 Å². The predicted molar refractivity (Wildman–Crippen MR) is 69.0 cm³/mol. The molecule has 2 aliphatic rings. The Morgan fingerprint density at radius 3 is 3.06 bits per heavy atom. The van der Waals surface area contributed by atoms with Crippen LogP contribution in [-0.4, -0.2) is 18.1 Å². The van der Waals surface area contributed by atoms with Crippen molar-refractivity contribution in [2.45, 2.75) is 12.8 Å². The third-order valence-electron chi connectivity index (χ3n) is 3.67. The van der Waals surface area contributed by atoms with Crippen LogP contribution in [0.1, 0.15) is 18.4 Å². The van der Waals surface area contributed by atoms with Crippen molar-refractivity contribution in [1.82, 2.24) is 10.3 Å². The van der Waals surface area contributed by atoms with E-state index in [1.165, 1.54) is 30.5 Å². The van der Waals surface area contributed by atoms with Crippen molar-refractivity contribution in [2.75, 3.05) is 13.1 Å². The molecule has 1 N–H and O–H groups in total. The molecule has 0 aromatic carbocycles. The molecule has 16 heavy (non-hydrogen) atoms. The van der Waals surface area contributed by atoms with E-state index >= 15 is 0 Å². The van der Waals surface area contributed by atoms with Crippen molar-refractivity contribution in [3.63, 3.8) is 0 Å². The van der Waals surface area contributed by atoms with Crippen LogP contribution in [0.2, 0.25) is 0 Å². The first kappa shape index (κ1) is 10.5. The lowest BCUT2D eigenvalue weighted by atomic mass is 9.89. The fraction of sp³-hybridized carbons (Fsp3) is 0.462. The summed E-state index contributed by atoms with van der Waals surface area (Å²) in [6.45, 7) is 2.33. The van der Waals surface area contributed by atoms with Crippen LogP contribution in [0.3, 0.4) is 0 Å². The summed E-state index contributed by atoms with van der Waals surface area (Å²) in [5.74, 6) is 1.60. The molecule has 2 atom stereocenters. The Balaban J connectivity index is 1.83. The predicted octanol–water partition coefficient (Wildman–Crippen LogP) is 2.86. The Hall–Kier alpha value is -0.670. The number of rotatable bonds is 1. The van der Waals surface area contributed by atoms with Crippen LogP contribution in [0.25, 0.3) is 5.57 Å². The molecule has 1 aromatic rings. The number of allylic oxidation sites excluding steroid dienone is 1. The number of pyridine rings is 1. The zero-order chi connectivity index (χ0) is 11.0. The fourth-order valence-electron chi connectivity index (χ4n) is 2.77. The maximum Gasteiger partial charge on any atom is 0.106 e. The van der Waals surface area contributed by atoms with Crippen LogP contribution >= 0.6 is 15.9 Å². The normalized spacial score (nSPS) is 28.7. The van der Waals surface area contributed by atoms with Gasteiger partial charge < -0.3 is 5.32 Å². The van der Waals surface area contributed by atoms with Gasteiger partial charge >= 0.3 is 0 Å². The Morgan fingerprint density at radius 2 is 2.31 bits per heavy atom. The average molecular weight is 279 g/mol. The molecule has 3 heteroatoms. The zero-order valence-electron chi connectivity index (χ0n) is 9.12. The topological polar surface area (TPSA) is 24.9 Å². The molecule has 0 saturated carbocycles. The van der Waals surface area contributed by atoms with E-state index in [2.05, 4.69) is 38.4 Å². The molecular weight excluding hydrogens is 264 g/mol. The van der Waals surface area contributed by atoms with E-state index in [1.54, 1.807) is 0 Å². The number of nitrogens with one attached hydrogen (secondary N) is 1. The zero-order valence-corrected chi connectivity index (χ0v) is 10.7. The summed E-state index contributed by atoms with van der Waals surface area (Å²) < 4.78 is 0.911. The molecule has 1 fully saturated rings. The van der Waals surface area contributed by atoms with Crippen molar-refractivity contribution in [1.29, 1.82) is 0 Å². The van der Waals surface area contributed by atoms with Crippen LogP contribution in [0.5, 0.6) is 0 Å². The Labute approximate surface area is 104 Å². The summed E-state index contributed by atoms with van der Waals surface area (Å²) in [6.07, 6.45) is 6.96.